The highest BCUT2D eigenvalue weighted by Gasteiger charge is 2.47. The van der Waals surface area contributed by atoms with Gasteiger partial charge in [-0.05, 0) is 142 Å². The van der Waals surface area contributed by atoms with Crippen molar-refractivity contribution in [2.75, 3.05) is 9.80 Å². The molecule has 3 nitrogen and oxygen atoms in total. The van der Waals surface area contributed by atoms with Crippen LogP contribution >= 0.6 is 0 Å². The maximum atomic E-state index is 7.46. The molecular weight excluding hydrogens is 848 g/mol. The van der Waals surface area contributed by atoms with Crippen molar-refractivity contribution >= 4 is 133 Å². The molecule has 0 fully saturated rings. The molecule has 0 spiro atoms. The maximum absolute atomic E-state index is 7.46. The molecule has 1 aromatic heterocycles. The molecule has 0 saturated carbocycles. The molecule has 0 aliphatic carbocycles. The molecular formula is C66H53BN2O. The first kappa shape index (κ1) is 41.2. The normalized spacial score (nSPS) is 13.6. The SMILES string of the molecule is CCC(C)(C)c1ccc2c(c1)B1c3c(cccc3N(c3cccc4c5ccccc5c5ccccc5c34)c3oc4ccc(C(C)(C)CC)cc4c31)N2c1cccc2c3ccccc3c3ccccc3c12. The number of fused-ring (bicyclic) bond motifs is 18. The van der Waals surface area contributed by atoms with Gasteiger partial charge in [-0.3, -0.25) is 4.90 Å². The van der Waals surface area contributed by atoms with Gasteiger partial charge >= 0.3 is 0 Å². The second-order valence-corrected chi connectivity index (χ2v) is 21.2. The van der Waals surface area contributed by atoms with Crippen molar-refractivity contribution < 1.29 is 4.42 Å². The maximum Gasteiger partial charge on any atom is 0.257 e. The third-order valence-electron chi connectivity index (χ3n) is 16.9. The van der Waals surface area contributed by atoms with Gasteiger partial charge in [-0.1, -0.05) is 187 Å². The van der Waals surface area contributed by atoms with Gasteiger partial charge in [0.15, 0.2) is 0 Å². The van der Waals surface area contributed by atoms with E-state index in [0.717, 1.165) is 35.7 Å². The first-order valence-corrected chi connectivity index (χ1v) is 25.3. The van der Waals surface area contributed by atoms with Gasteiger partial charge in [-0.25, -0.2) is 0 Å². The van der Waals surface area contributed by atoms with Crippen LogP contribution in [0.25, 0.3) is 75.6 Å². The summed E-state index contributed by atoms with van der Waals surface area (Å²) in [5.74, 6) is 0.892. The highest BCUT2D eigenvalue weighted by Crippen LogP contribution is 2.51. The fourth-order valence-electron chi connectivity index (χ4n) is 12.5. The second-order valence-electron chi connectivity index (χ2n) is 21.2. The summed E-state index contributed by atoms with van der Waals surface area (Å²) in [6.45, 7) is 14.0. The lowest BCUT2D eigenvalue weighted by molar-refractivity contribution is 0.506. The number of hydrogen-bond donors (Lipinski definition) is 0. The van der Waals surface area contributed by atoms with Crippen LogP contribution < -0.4 is 26.2 Å². The van der Waals surface area contributed by atoms with Gasteiger partial charge in [0.1, 0.15) is 5.58 Å². The predicted octanol–water partition coefficient (Wildman–Crippen LogP) is 16.8. The minimum atomic E-state index is -0.113. The van der Waals surface area contributed by atoms with Gasteiger partial charge in [0, 0.05) is 38.7 Å². The first-order valence-electron chi connectivity index (χ1n) is 25.3. The summed E-state index contributed by atoms with van der Waals surface area (Å²) < 4.78 is 7.46. The van der Waals surface area contributed by atoms with Crippen LogP contribution in [-0.2, 0) is 10.8 Å². The molecule has 70 heavy (non-hydrogen) atoms. The fourth-order valence-corrected chi connectivity index (χ4v) is 12.5. The van der Waals surface area contributed by atoms with Gasteiger partial charge in [-0.2, -0.15) is 0 Å². The summed E-state index contributed by atoms with van der Waals surface area (Å²) in [6, 6.07) is 71.0. The van der Waals surface area contributed by atoms with Gasteiger partial charge in [0.25, 0.3) is 6.71 Å². The zero-order valence-electron chi connectivity index (χ0n) is 40.7. The molecule has 4 heteroatoms. The molecule has 336 valence electrons. The largest absolute Gasteiger partial charge is 0.440 e. The van der Waals surface area contributed by atoms with Crippen molar-refractivity contribution in [1.29, 1.82) is 0 Å². The van der Waals surface area contributed by atoms with E-state index < -0.39 is 0 Å². The highest BCUT2D eigenvalue weighted by atomic mass is 16.4. The third kappa shape index (κ3) is 5.59. The van der Waals surface area contributed by atoms with Crippen LogP contribution in [0.4, 0.5) is 34.3 Å². The Hall–Kier alpha value is -7.82. The molecule has 0 unspecified atom stereocenters. The number of furan rings is 1. The lowest BCUT2D eigenvalue weighted by Crippen LogP contribution is -2.61. The summed E-state index contributed by atoms with van der Waals surface area (Å²) in [5, 5.41) is 16.2. The Bertz CT molecular complexity index is 4110. The standard InChI is InChI=1S/C66H53BN2O/c1-7-65(3,4)40-35-37-59-52(38-40)62-64(70-59)69(56-31-18-29-51-47-23-12-10-21-43(47)45-25-14-16-27-49(45)61(51)56)58-33-19-32-57-63(58)67(62)53-39-41(66(5,6)8-2)34-36-54(53)68(57)55-30-17-28-50-46-22-11-9-20-42(46)44-24-13-15-26-48(44)60(50)55/h9-39H,7-8H2,1-6H3. The van der Waals surface area contributed by atoms with Crippen LogP contribution in [0.3, 0.4) is 0 Å². The van der Waals surface area contributed by atoms with E-state index in [1.165, 1.54) is 115 Å². The Kier molecular flexibility index (Phi) is 8.73. The Labute approximate surface area is 409 Å². The third-order valence-corrected chi connectivity index (χ3v) is 16.9. The van der Waals surface area contributed by atoms with Crippen molar-refractivity contribution in [2.45, 2.75) is 65.2 Å². The van der Waals surface area contributed by atoms with Gasteiger partial charge in [-0.15, -0.1) is 0 Å². The Morgan fingerprint density at radius 1 is 0.371 bits per heavy atom. The van der Waals surface area contributed by atoms with Gasteiger partial charge in [0.05, 0.1) is 11.4 Å². The van der Waals surface area contributed by atoms with E-state index in [2.05, 4.69) is 239 Å². The second kappa shape index (κ2) is 14.8. The van der Waals surface area contributed by atoms with Crippen LogP contribution in [0.1, 0.15) is 65.5 Å². The number of nitrogens with zero attached hydrogens (tertiary/aromatic N) is 2. The van der Waals surface area contributed by atoms with Crippen LogP contribution in [0.15, 0.2) is 192 Å². The lowest BCUT2D eigenvalue weighted by atomic mass is 9.33. The van der Waals surface area contributed by atoms with Crippen LogP contribution in [0.2, 0.25) is 0 Å². The van der Waals surface area contributed by atoms with Crippen molar-refractivity contribution in [3.05, 3.63) is 199 Å². The van der Waals surface area contributed by atoms with E-state index in [0.29, 0.717) is 0 Å². The minimum Gasteiger partial charge on any atom is -0.440 e. The van der Waals surface area contributed by atoms with Crippen molar-refractivity contribution in [3.8, 4) is 0 Å². The summed E-state index contributed by atoms with van der Waals surface area (Å²) in [6.07, 6.45) is 2.05. The van der Waals surface area contributed by atoms with Crippen LogP contribution in [-0.4, -0.2) is 6.71 Å². The summed E-state index contributed by atoms with van der Waals surface area (Å²) in [7, 11) is 0. The average molecular weight is 901 g/mol. The summed E-state index contributed by atoms with van der Waals surface area (Å²) in [4.78, 5) is 5.11. The van der Waals surface area contributed by atoms with Crippen molar-refractivity contribution in [1.82, 2.24) is 0 Å². The quantitative estimate of drug-likeness (QED) is 0.122. The van der Waals surface area contributed by atoms with Crippen molar-refractivity contribution in [2.24, 2.45) is 0 Å². The van der Waals surface area contributed by atoms with Crippen LogP contribution in [0, 0.1) is 0 Å². The number of rotatable bonds is 6. The minimum absolute atomic E-state index is 0.0216. The van der Waals surface area contributed by atoms with Crippen LogP contribution in [0.5, 0.6) is 0 Å². The monoisotopic (exact) mass is 900 g/mol. The van der Waals surface area contributed by atoms with E-state index in [1.807, 2.05) is 0 Å². The zero-order chi connectivity index (χ0) is 47.2. The number of benzene rings is 11. The highest BCUT2D eigenvalue weighted by molar-refractivity contribution is 7.01. The molecule has 0 radical (unpaired) electrons. The molecule has 3 heterocycles. The zero-order valence-corrected chi connectivity index (χ0v) is 40.7. The predicted molar refractivity (Wildman–Crippen MR) is 302 cm³/mol. The summed E-state index contributed by atoms with van der Waals surface area (Å²) in [5.41, 5.74) is 13.2. The molecule has 2 aliphatic heterocycles. The van der Waals surface area contributed by atoms with E-state index >= 15 is 0 Å². The summed E-state index contributed by atoms with van der Waals surface area (Å²) >= 11 is 0. The first-order chi connectivity index (χ1) is 34.2. The van der Waals surface area contributed by atoms with E-state index in [9.17, 15) is 0 Å². The Morgan fingerprint density at radius 3 is 1.29 bits per heavy atom. The number of hydrogen-bond acceptors (Lipinski definition) is 3. The molecule has 0 N–H and O–H groups in total. The molecule has 0 atom stereocenters. The van der Waals surface area contributed by atoms with E-state index in [1.54, 1.807) is 0 Å². The van der Waals surface area contributed by atoms with E-state index in [4.69, 9.17) is 4.42 Å². The Balaban J connectivity index is 1.15. The molecule has 0 saturated heterocycles. The fraction of sp³-hybridized carbons (Fsp3) is 0.152. The van der Waals surface area contributed by atoms with Gasteiger partial charge in [0.2, 0.25) is 5.88 Å². The average Bonchev–Trinajstić information content (AvgIpc) is 3.79. The molecule has 14 rings (SSSR count). The topological polar surface area (TPSA) is 19.6 Å². The molecule has 0 bridgehead atoms. The van der Waals surface area contributed by atoms with Crippen molar-refractivity contribution in [3.63, 3.8) is 0 Å². The molecule has 11 aromatic carbocycles. The van der Waals surface area contributed by atoms with E-state index in [-0.39, 0.29) is 17.5 Å². The number of anilines is 6. The lowest BCUT2D eigenvalue weighted by Gasteiger charge is -2.43. The molecule has 2 aliphatic rings. The van der Waals surface area contributed by atoms with Gasteiger partial charge < -0.3 is 9.32 Å². The molecule has 12 aromatic rings. The molecule has 0 amide bonds. The smallest absolute Gasteiger partial charge is 0.257 e. The Morgan fingerprint density at radius 2 is 0.771 bits per heavy atom.